The van der Waals surface area contributed by atoms with Crippen LogP contribution in [-0.4, -0.2) is 43.0 Å². The first-order chi connectivity index (χ1) is 10.4. The van der Waals surface area contributed by atoms with Gasteiger partial charge in [-0.05, 0) is 33.2 Å². The first kappa shape index (κ1) is 16.5. The van der Waals surface area contributed by atoms with E-state index >= 15 is 0 Å². The van der Waals surface area contributed by atoms with Gasteiger partial charge in [-0.2, -0.15) is 0 Å². The number of nitrogens with zero attached hydrogens (tertiary/aromatic N) is 2. The lowest BCUT2D eigenvalue weighted by atomic mass is 10.2. The van der Waals surface area contributed by atoms with Gasteiger partial charge in [0.1, 0.15) is 21.5 Å². The summed E-state index contributed by atoms with van der Waals surface area (Å²) in [4.78, 5) is 18.6. The molecule has 0 atom stereocenters. The van der Waals surface area contributed by atoms with E-state index in [1.54, 1.807) is 6.92 Å². The monoisotopic (exact) mass is 325 g/mol. The number of amides is 1. The molecule has 1 aromatic heterocycles. The third-order valence-corrected chi connectivity index (χ3v) is 4.20. The van der Waals surface area contributed by atoms with Crippen LogP contribution in [0.25, 0.3) is 10.6 Å². The molecular formula is C15H17F2N3OS. The number of hydrogen-bond acceptors (Lipinski definition) is 4. The molecule has 118 valence electrons. The summed E-state index contributed by atoms with van der Waals surface area (Å²) in [7, 11) is 3.81. The van der Waals surface area contributed by atoms with E-state index in [1.165, 1.54) is 18.2 Å². The van der Waals surface area contributed by atoms with Gasteiger partial charge >= 0.3 is 0 Å². The quantitative estimate of drug-likeness (QED) is 0.919. The molecule has 1 amide bonds. The smallest absolute Gasteiger partial charge is 0.263 e. The summed E-state index contributed by atoms with van der Waals surface area (Å²) in [5, 5.41) is 2.94. The maximum absolute atomic E-state index is 13.8. The zero-order valence-corrected chi connectivity index (χ0v) is 13.4. The van der Waals surface area contributed by atoms with Crippen molar-refractivity contribution in [3.05, 3.63) is 40.4 Å². The van der Waals surface area contributed by atoms with Gasteiger partial charge in [0.05, 0.1) is 11.3 Å². The molecule has 0 fully saturated rings. The van der Waals surface area contributed by atoms with E-state index in [9.17, 15) is 13.6 Å². The number of aryl methyl sites for hydroxylation is 1. The fourth-order valence-electron chi connectivity index (χ4n) is 1.89. The maximum Gasteiger partial charge on any atom is 0.263 e. The van der Waals surface area contributed by atoms with Crippen LogP contribution in [0.3, 0.4) is 0 Å². The number of thiazole rings is 1. The molecule has 0 spiro atoms. The van der Waals surface area contributed by atoms with Crippen molar-refractivity contribution in [3.8, 4) is 10.6 Å². The number of likely N-dealkylation sites (N-methyl/N-ethyl adjacent to an activating group) is 1. The largest absolute Gasteiger partial charge is 0.350 e. The topological polar surface area (TPSA) is 45.2 Å². The number of benzene rings is 1. The van der Waals surface area contributed by atoms with E-state index in [-0.39, 0.29) is 16.5 Å². The van der Waals surface area contributed by atoms with Gasteiger partial charge in [0.15, 0.2) is 0 Å². The molecule has 2 rings (SSSR count). The highest BCUT2D eigenvalue weighted by molar-refractivity contribution is 7.17. The Bertz CT molecular complexity index is 665. The van der Waals surface area contributed by atoms with Gasteiger partial charge in [0.2, 0.25) is 0 Å². The number of rotatable bonds is 5. The van der Waals surface area contributed by atoms with Crippen LogP contribution in [0.5, 0.6) is 0 Å². The third kappa shape index (κ3) is 3.66. The normalized spacial score (nSPS) is 11.0. The zero-order chi connectivity index (χ0) is 16.3. The van der Waals surface area contributed by atoms with Crippen molar-refractivity contribution in [1.82, 2.24) is 15.2 Å². The second kappa shape index (κ2) is 6.93. The fraction of sp³-hybridized carbons (Fsp3) is 0.333. The minimum absolute atomic E-state index is 0.172. The highest BCUT2D eigenvalue weighted by Crippen LogP contribution is 2.31. The first-order valence-corrected chi connectivity index (χ1v) is 7.56. The molecule has 0 aliphatic rings. The fourth-order valence-corrected chi connectivity index (χ4v) is 2.92. The molecule has 0 aliphatic carbocycles. The van der Waals surface area contributed by atoms with E-state index in [4.69, 9.17) is 0 Å². The number of hydrogen-bond donors (Lipinski definition) is 1. The van der Waals surface area contributed by atoms with Crippen molar-refractivity contribution in [2.75, 3.05) is 27.2 Å². The molecule has 1 N–H and O–H groups in total. The molecule has 0 aliphatic heterocycles. The number of halogens is 2. The molecule has 0 bridgehead atoms. The van der Waals surface area contributed by atoms with Gasteiger partial charge in [-0.3, -0.25) is 4.79 Å². The lowest BCUT2D eigenvalue weighted by Gasteiger charge is -2.09. The van der Waals surface area contributed by atoms with Crippen molar-refractivity contribution in [2.45, 2.75) is 6.92 Å². The molecule has 22 heavy (non-hydrogen) atoms. The predicted molar refractivity (Wildman–Crippen MR) is 83.1 cm³/mol. The van der Waals surface area contributed by atoms with Crippen LogP contribution in [0.4, 0.5) is 8.78 Å². The van der Waals surface area contributed by atoms with E-state index in [1.807, 2.05) is 19.0 Å². The second-order valence-corrected chi connectivity index (χ2v) is 6.09. The molecule has 1 heterocycles. The summed E-state index contributed by atoms with van der Waals surface area (Å²) in [6.07, 6.45) is 0. The Labute approximate surface area is 131 Å². The second-order valence-electron chi connectivity index (χ2n) is 5.09. The number of nitrogens with one attached hydrogen (secondary N) is 1. The van der Waals surface area contributed by atoms with E-state index in [0.29, 0.717) is 23.7 Å². The van der Waals surface area contributed by atoms with Crippen molar-refractivity contribution in [1.29, 1.82) is 0 Å². The van der Waals surface area contributed by atoms with E-state index in [2.05, 4.69) is 10.3 Å². The number of carbonyl (C=O) groups is 1. The Morgan fingerprint density at radius 3 is 2.55 bits per heavy atom. The average molecular weight is 325 g/mol. The van der Waals surface area contributed by atoms with Crippen LogP contribution >= 0.6 is 11.3 Å². The van der Waals surface area contributed by atoms with Crippen LogP contribution in [0.1, 0.15) is 15.4 Å². The van der Waals surface area contributed by atoms with E-state index in [0.717, 1.165) is 11.3 Å². The number of carbonyl (C=O) groups excluding carboxylic acids is 1. The van der Waals surface area contributed by atoms with Crippen LogP contribution < -0.4 is 5.32 Å². The molecule has 2 aromatic rings. The van der Waals surface area contributed by atoms with Crippen molar-refractivity contribution < 1.29 is 13.6 Å². The summed E-state index contributed by atoms with van der Waals surface area (Å²) >= 11 is 0.991. The standard InChI is InChI=1S/C15H17F2N3OS/c1-9-13(14(21)18-7-8-20(2)3)22-15(19-9)12-10(16)5-4-6-11(12)17/h4-6H,7-8H2,1-3H3,(H,18,21). The molecule has 0 unspecified atom stereocenters. The molecule has 1 aromatic carbocycles. The SMILES string of the molecule is Cc1nc(-c2c(F)cccc2F)sc1C(=O)NCCN(C)C. The number of aromatic nitrogens is 1. The van der Waals surface area contributed by atoms with Crippen LogP contribution in [-0.2, 0) is 0 Å². The maximum atomic E-state index is 13.8. The average Bonchev–Trinajstić information content (AvgIpc) is 2.80. The minimum atomic E-state index is -0.687. The van der Waals surface area contributed by atoms with Gasteiger partial charge in [0.25, 0.3) is 5.91 Å². The summed E-state index contributed by atoms with van der Waals surface area (Å²) in [6, 6.07) is 3.64. The molecular weight excluding hydrogens is 308 g/mol. The Hall–Kier alpha value is -1.86. The van der Waals surface area contributed by atoms with Gasteiger partial charge in [-0.15, -0.1) is 11.3 Å². The molecule has 0 saturated heterocycles. The van der Waals surface area contributed by atoms with Crippen molar-refractivity contribution in [3.63, 3.8) is 0 Å². The van der Waals surface area contributed by atoms with E-state index < -0.39 is 11.6 Å². The van der Waals surface area contributed by atoms with Crippen LogP contribution in [0.2, 0.25) is 0 Å². The highest BCUT2D eigenvalue weighted by atomic mass is 32.1. The highest BCUT2D eigenvalue weighted by Gasteiger charge is 2.20. The molecule has 0 radical (unpaired) electrons. The lowest BCUT2D eigenvalue weighted by Crippen LogP contribution is -2.31. The van der Waals surface area contributed by atoms with Gasteiger partial charge < -0.3 is 10.2 Å². The summed E-state index contributed by atoms with van der Waals surface area (Å²) in [6.45, 7) is 2.85. The molecule has 7 heteroatoms. The van der Waals surface area contributed by atoms with Gasteiger partial charge in [-0.25, -0.2) is 13.8 Å². The predicted octanol–water partition coefficient (Wildman–Crippen LogP) is 2.69. The molecule has 0 saturated carbocycles. The Morgan fingerprint density at radius 2 is 1.95 bits per heavy atom. The van der Waals surface area contributed by atoms with Gasteiger partial charge in [-0.1, -0.05) is 6.07 Å². The Balaban J connectivity index is 2.23. The van der Waals surface area contributed by atoms with Crippen molar-refractivity contribution in [2.24, 2.45) is 0 Å². The molecule has 4 nitrogen and oxygen atoms in total. The minimum Gasteiger partial charge on any atom is -0.350 e. The lowest BCUT2D eigenvalue weighted by molar-refractivity contribution is 0.0954. The van der Waals surface area contributed by atoms with Crippen LogP contribution in [0.15, 0.2) is 18.2 Å². The first-order valence-electron chi connectivity index (χ1n) is 6.75. The zero-order valence-electron chi connectivity index (χ0n) is 12.6. The summed E-state index contributed by atoms with van der Waals surface area (Å²) in [5.41, 5.74) is 0.271. The van der Waals surface area contributed by atoms with Gasteiger partial charge in [0, 0.05) is 13.1 Å². The Kier molecular flexibility index (Phi) is 5.20. The van der Waals surface area contributed by atoms with Crippen LogP contribution in [0, 0.1) is 18.6 Å². The third-order valence-electron chi connectivity index (χ3n) is 3.02. The Morgan fingerprint density at radius 1 is 1.32 bits per heavy atom. The summed E-state index contributed by atoms with van der Waals surface area (Å²) in [5.74, 6) is -1.65. The van der Waals surface area contributed by atoms with Crippen molar-refractivity contribution >= 4 is 17.2 Å². The summed E-state index contributed by atoms with van der Waals surface area (Å²) < 4.78 is 27.6.